The van der Waals surface area contributed by atoms with Gasteiger partial charge in [-0.15, -0.1) is 0 Å². The molecule has 0 fully saturated rings. The Labute approximate surface area is 159 Å². The van der Waals surface area contributed by atoms with Gasteiger partial charge in [0, 0.05) is 11.3 Å². The minimum Gasteiger partial charge on any atom is -0.493 e. The van der Waals surface area contributed by atoms with E-state index in [0.717, 1.165) is 23.2 Å². The molecule has 3 rings (SSSR count). The number of rotatable bonds is 7. The number of hydrogen-bond acceptors (Lipinski definition) is 3. The molecule has 0 aromatic heterocycles. The first-order valence-corrected chi connectivity index (χ1v) is 8.95. The van der Waals surface area contributed by atoms with Crippen molar-refractivity contribution in [3.8, 4) is 11.5 Å². The molecular weight excluding hydrogens is 338 g/mol. The van der Waals surface area contributed by atoms with Crippen molar-refractivity contribution < 1.29 is 14.3 Å². The number of nitrogens with one attached hydrogen (secondary N) is 1. The second kappa shape index (κ2) is 8.90. The van der Waals surface area contributed by atoms with Crippen LogP contribution in [0.1, 0.15) is 28.4 Å². The predicted molar refractivity (Wildman–Crippen MR) is 108 cm³/mol. The normalized spacial score (nSPS) is 10.3. The van der Waals surface area contributed by atoms with Gasteiger partial charge in [-0.3, -0.25) is 4.79 Å². The van der Waals surface area contributed by atoms with Crippen molar-refractivity contribution in [2.75, 3.05) is 12.4 Å². The van der Waals surface area contributed by atoms with Gasteiger partial charge in [0.15, 0.2) is 11.5 Å². The van der Waals surface area contributed by atoms with E-state index in [9.17, 15) is 4.79 Å². The van der Waals surface area contributed by atoms with Crippen LogP contribution in [-0.2, 0) is 13.0 Å². The molecule has 0 spiro atoms. The Balaban J connectivity index is 1.74. The van der Waals surface area contributed by atoms with Crippen molar-refractivity contribution in [1.82, 2.24) is 0 Å². The van der Waals surface area contributed by atoms with Crippen LogP contribution in [0.4, 0.5) is 5.69 Å². The largest absolute Gasteiger partial charge is 0.493 e. The van der Waals surface area contributed by atoms with Crippen LogP contribution < -0.4 is 14.8 Å². The summed E-state index contributed by atoms with van der Waals surface area (Å²) in [5.74, 6) is 0.957. The third-order valence-electron chi connectivity index (χ3n) is 4.31. The molecule has 138 valence electrons. The quantitative estimate of drug-likeness (QED) is 0.638. The van der Waals surface area contributed by atoms with E-state index in [0.29, 0.717) is 23.7 Å². The highest BCUT2D eigenvalue weighted by molar-refractivity contribution is 6.05. The number of para-hydroxylation sites is 1. The van der Waals surface area contributed by atoms with Crippen LogP contribution >= 0.6 is 0 Å². The van der Waals surface area contributed by atoms with E-state index in [1.807, 2.05) is 54.6 Å². The SMILES string of the molecule is CCc1ccccc1NC(=O)c1ccc(OCc2ccccc2)c(OC)c1. The van der Waals surface area contributed by atoms with E-state index < -0.39 is 0 Å². The summed E-state index contributed by atoms with van der Waals surface area (Å²) in [6, 6.07) is 22.9. The van der Waals surface area contributed by atoms with E-state index in [-0.39, 0.29) is 5.91 Å². The highest BCUT2D eigenvalue weighted by atomic mass is 16.5. The van der Waals surface area contributed by atoms with Crippen LogP contribution in [0, 0.1) is 0 Å². The maximum absolute atomic E-state index is 12.6. The number of benzene rings is 3. The first-order valence-electron chi connectivity index (χ1n) is 8.95. The smallest absolute Gasteiger partial charge is 0.255 e. The summed E-state index contributed by atoms with van der Waals surface area (Å²) >= 11 is 0. The topological polar surface area (TPSA) is 47.6 Å². The number of carbonyl (C=O) groups excluding carboxylic acids is 1. The summed E-state index contributed by atoms with van der Waals surface area (Å²) in [4.78, 5) is 12.6. The first-order chi connectivity index (χ1) is 13.2. The zero-order valence-electron chi connectivity index (χ0n) is 15.6. The maximum atomic E-state index is 12.6. The van der Waals surface area contributed by atoms with Crippen LogP contribution in [0.3, 0.4) is 0 Å². The van der Waals surface area contributed by atoms with Crippen molar-refractivity contribution in [2.24, 2.45) is 0 Å². The fourth-order valence-corrected chi connectivity index (χ4v) is 2.81. The fourth-order valence-electron chi connectivity index (χ4n) is 2.81. The van der Waals surface area contributed by atoms with Crippen molar-refractivity contribution in [3.63, 3.8) is 0 Å². The van der Waals surface area contributed by atoms with Crippen molar-refractivity contribution in [3.05, 3.63) is 89.5 Å². The van der Waals surface area contributed by atoms with Crippen LogP contribution in [0.15, 0.2) is 72.8 Å². The van der Waals surface area contributed by atoms with Crippen LogP contribution in [-0.4, -0.2) is 13.0 Å². The second-order valence-corrected chi connectivity index (χ2v) is 6.10. The van der Waals surface area contributed by atoms with Crippen molar-refractivity contribution in [1.29, 1.82) is 0 Å². The summed E-state index contributed by atoms with van der Waals surface area (Å²) in [5.41, 5.74) is 3.51. The molecule has 0 radical (unpaired) electrons. The zero-order chi connectivity index (χ0) is 19.1. The molecule has 0 saturated carbocycles. The third kappa shape index (κ3) is 4.67. The molecule has 0 aliphatic rings. The molecule has 27 heavy (non-hydrogen) atoms. The molecular formula is C23H23NO3. The summed E-state index contributed by atoms with van der Waals surface area (Å²) in [5, 5.41) is 2.97. The predicted octanol–water partition coefficient (Wildman–Crippen LogP) is 5.09. The van der Waals surface area contributed by atoms with Crippen molar-refractivity contribution >= 4 is 11.6 Å². The van der Waals surface area contributed by atoms with Gasteiger partial charge < -0.3 is 14.8 Å². The minimum atomic E-state index is -0.177. The standard InChI is InChI=1S/C23H23NO3/c1-3-18-11-7-8-12-20(18)24-23(25)19-13-14-21(22(15-19)26-2)27-16-17-9-5-4-6-10-17/h4-15H,3,16H2,1-2H3,(H,24,25). The Morgan fingerprint density at radius 3 is 2.41 bits per heavy atom. The summed E-state index contributed by atoms with van der Waals surface area (Å²) in [6.45, 7) is 2.50. The second-order valence-electron chi connectivity index (χ2n) is 6.10. The van der Waals surface area contributed by atoms with Gasteiger partial charge in [-0.1, -0.05) is 55.5 Å². The van der Waals surface area contributed by atoms with Crippen molar-refractivity contribution in [2.45, 2.75) is 20.0 Å². The van der Waals surface area contributed by atoms with Gasteiger partial charge in [0.1, 0.15) is 6.61 Å². The number of carbonyl (C=O) groups is 1. The third-order valence-corrected chi connectivity index (χ3v) is 4.31. The summed E-state index contributed by atoms with van der Waals surface area (Å²) in [6.07, 6.45) is 0.853. The van der Waals surface area contributed by atoms with Gasteiger partial charge in [-0.25, -0.2) is 0 Å². The van der Waals surface area contributed by atoms with Gasteiger partial charge in [0.05, 0.1) is 7.11 Å². The van der Waals surface area contributed by atoms with E-state index in [4.69, 9.17) is 9.47 Å². The molecule has 4 nitrogen and oxygen atoms in total. The van der Waals surface area contributed by atoms with Crippen LogP contribution in [0.2, 0.25) is 0 Å². The number of amides is 1. The number of aryl methyl sites for hydroxylation is 1. The fraction of sp³-hybridized carbons (Fsp3) is 0.174. The lowest BCUT2D eigenvalue weighted by molar-refractivity contribution is 0.102. The van der Waals surface area contributed by atoms with Gasteiger partial charge >= 0.3 is 0 Å². The molecule has 3 aromatic rings. The minimum absolute atomic E-state index is 0.177. The lowest BCUT2D eigenvalue weighted by Gasteiger charge is -2.13. The lowest BCUT2D eigenvalue weighted by atomic mass is 10.1. The molecule has 0 atom stereocenters. The van der Waals surface area contributed by atoms with Gasteiger partial charge in [0.2, 0.25) is 0 Å². The van der Waals surface area contributed by atoms with Gasteiger partial charge in [0.25, 0.3) is 5.91 Å². The highest BCUT2D eigenvalue weighted by Gasteiger charge is 2.13. The molecule has 1 amide bonds. The first kappa shape index (κ1) is 18.5. The zero-order valence-corrected chi connectivity index (χ0v) is 15.6. The Morgan fingerprint density at radius 2 is 1.67 bits per heavy atom. The molecule has 4 heteroatoms. The molecule has 0 saturated heterocycles. The highest BCUT2D eigenvalue weighted by Crippen LogP contribution is 2.29. The molecule has 3 aromatic carbocycles. The lowest BCUT2D eigenvalue weighted by Crippen LogP contribution is -2.13. The Hall–Kier alpha value is -3.27. The Kier molecular flexibility index (Phi) is 6.10. The molecule has 0 aliphatic carbocycles. The number of anilines is 1. The number of ether oxygens (including phenoxy) is 2. The Morgan fingerprint density at radius 1 is 0.926 bits per heavy atom. The average Bonchev–Trinajstić information content (AvgIpc) is 2.73. The van der Waals surface area contributed by atoms with E-state index >= 15 is 0 Å². The summed E-state index contributed by atoms with van der Waals surface area (Å²) in [7, 11) is 1.57. The monoisotopic (exact) mass is 361 g/mol. The average molecular weight is 361 g/mol. The van der Waals surface area contributed by atoms with E-state index in [2.05, 4.69) is 12.2 Å². The Bertz CT molecular complexity index is 907. The molecule has 0 bridgehead atoms. The molecule has 0 aliphatic heterocycles. The number of methoxy groups -OCH3 is 1. The van der Waals surface area contributed by atoms with Gasteiger partial charge in [-0.05, 0) is 41.8 Å². The van der Waals surface area contributed by atoms with Gasteiger partial charge in [-0.2, -0.15) is 0 Å². The maximum Gasteiger partial charge on any atom is 0.255 e. The van der Waals surface area contributed by atoms with Crippen LogP contribution in [0.5, 0.6) is 11.5 Å². The number of hydrogen-bond donors (Lipinski definition) is 1. The van der Waals surface area contributed by atoms with E-state index in [1.165, 1.54) is 0 Å². The molecule has 1 N–H and O–H groups in total. The molecule has 0 heterocycles. The summed E-state index contributed by atoms with van der Waals surface area (Å²) < 4.78 is 11.3. The molecule has 0 unspecified atom stereocenters. The van der Waals surface area contributed by atoms with Crippen LogP contribution in [0.25, 0.3) is 0 Å². The van der Waals surface area contributed by atoms with E-state index in [1.54, 1.807) is 25.3 Å².